The Morgan fingerprint density at radius 2 is 1.95 bits per heavy atom. The molecular weight excluding hydrogens is 272 g/mol. The molecule has 114 valence electrons. The molecule has 0 radical (unpaired) electrons. The van der Waals surface area contributed by atoms with Crippen LogP contribution in [0.4, 0.5) is 0 Å². The Balaban J connectivity index is 2.16. The van der Waals surface area contributed by atoms with E-state index in [2.05, 4.69) is 11.6 Å². The highest BCUT2D eigenvalue weighted by molar-refractivity contribution is 7.99. The number of nitrogens with one attached hydrogen (secondary N) is 1. The van der Waals surface area contributed by atoms with Crippen molar-refractivity contribution < 1.29 is 9.59 Å². The van der Waals surface area contributed by atoms with Gasteiger partial charge in [-0.05, 0) is 30.9 Å². The van der Waals surface area contributed by atoms with E-state index < -0.39 is 6.04 Å². The van der Waals surface area contributed by atoms with Gasteiger partial charge in [-0.2, -0.15) is 11.8 Å². The highest BCUT2D eigenvalue weighted by atomic mass is 32.2. The lowest BCUT2D eigenvalue weighted by Gasteiger charge is -2.35. The van der Waals surface area contributed by atoms with Gasteiger partial charge in [-0.15, -0.1) is 0 Å². The summed E-state index contributed by atoms with van der Waals surface area (Å²) in [5.74, 6) is 0.107. The van der Waals surface area contributed by atoms with Crippen LogP contribution in [-0.2, 0) is 9.59 Å². The summed E-state index contributed by atoms with van der Waals surface area (Å²) in [6.45, 7) is 6.61. The van der Waals surface area contributed by atoms with E-state index in [0.717, 1.165) is 12.8 Å². The fourth-order valence-electron chi connectivity index (χ4n) is 3.16. The molecule has 20 heavy (non-hydrogen) atoms. The first-order valence-electron chi connectivity index (χ1n) is 7.45. The predicted octanol–water partition coefficient (Wildman–Crippen LogP) is 2.03. The second-order valence-corrected chi connectivity index (χ2v) is 8.11. The second-order valence-electron chi connectivity index (χ2n) is 6.97. The van der Waals surface area contributed by atoms with Gasteiger partial charge in [0.15, 0.2) is 0 Å². The average molecular weight is 298 g/mol. The zero-order valence-corrected chi connectivity index (χ0v) is 13.8. The summed E-state index contributed by atoms with van der Waals surface area (Å²) in [6, 6.07) is -0.0803. The molecule has 2 amide bonds. The van der Waals surface area contributed by atoms with Gasteiger partial charge in [0, 0.05) is 24.3 Å². The maximum absolute atomic E-state index is 12.8. The molecule has 0 bridgehead atoms. The van der Waals surface area contributed by atoms with Crippen molar-refractivity contribution in [2.24, 2.45) is 5.41 Å². The van der Waals surface area contributed by atoms with Crippen LogP contribution in [0.15, 0.2) is 0 Å². The van der Waals surface area contributed by atoms with Crippen LogP contribution in [-0.4, -0.2) is 46.8 Å². The smallest absolute Gasteiger partial charge is 0.245 e. The molecule has 5 heteroatoms. The van der Waals surface area contributed by atoms with E-state index >= 15 is 0 Å². The van der Waals surface area contributed by atoms with Gasteiger partial charge >= 0.3 is 0 Å². The summed E-state index contributed by atoms with van der Waals surface area (Å²) in [5, 5.41) is 3.57. The Labute approximate surface area is 126 Å². The molecular formula is C15H26N2O2S. The first-order chi connectivity index (χ1) is 9.32. The minimum absolute atomic E-state index is 0.000175. The minimum atomic E-state index is -0.397. The van der Waals surface area contributed by atoms with Gasteiger partial charge in [0.05, 0.1) is 0 Å². The lowest BCUT2D eigenvalue weighted by atomic mass is 9.85. The average Bonchev–Trinajstić information content (AvgIpc) is 2.77. The second kappa shape index (κ2) is 5.96. The Kier molecular flexibility index (Phi) is 4.67. The molecule has 2 rings (SSSR count). The maximum Gasteiger partial charge on any atom is 0.245 e. The Bertz CT molecular complexity index is 392. The normalized spacial score (nSPS) is 32.2. The van der Waals surface area contributed by atoms with E-state index in [4.69, 9.17) is 0 Å². The molecule has 4 nitrogen and oxygen atoms in total. The van der Waals surface area contributed by atoms with Crippen LogP contribution in [0.3, 0.4) is 0 Å². The predicted molar refractivity (Wildman–Crippen MR) is 82.7 cm³/mol. The molecule has 0 aromatic rings. The lowest BCUT2D eigenvalue weighted by Crippen LogP contribution is -2.53. The third kappa shape index (κ3) is 3.30. The quantitative estimate of drug-likeness (QED) is 0.848. The molecule has 1 saturated heterocycles. The maximum atomic E-state index is 12.8. The van der Waals surface area contributed by atoms with Gasteiger partial charge in [-0.1, -0.05) is 20.8 Å². The van der Waals surface area contributed by atoms with Crippen LogP contribution in [0.5, 0.6) is 0 Å². The Morgan fingerprint density at radius 1 is 1.25 bits per heavy atom. The fourth-order valence-corrected chi connectivity index (χ4v) is 3.94. The zero-order valence-electron chi connectivity index (χ0n) is 12.9. The summed E-state index contributed by atoms with van der Waals surface area (Å²) in [5.41, 5.74) is -0.243. The summed E-state index contributed by atoms with van der Waals surface area (Å²) < 4.78 is 0. The van der Waals surface area contributed by atoms with Crippen molar-refractivity contribution in [1.29, 1.82) is 0 Å². The Morgan fingerprint density at radius 3 is 2.50 bits per heavy atom. The third-order valence-corrected chi connectivity index (χ3v) is 5.51. The topological polar surface area (TPSA) is 49.4 Å². The monoisotopic (exact) mass is 298 g/mol. The third-order valence-electron chi connectivity index (χ3n) is 4.41. The first-order valence-corrected chi connectivity index (χ1v) is 8.74. The number of hydrogen-bond donors (Lipinski definition) is 1. The van der Waals surface area contributed by atoms with Gasteiger partial charge in [0.25, 0.3) is 0 Å². The molecule has 0 aromatic heterocycles. The van der Waals surface area contributed by atoms with E-state index in [1.807, 2.05) is 37.4 Å². The van der Waals surface area contributed by atoms with E-state index in [-0.39, 0.29) is 17.2 Å². The van der Waals surface area contributed by atoms with Crippen molar-refractivity contribution in [3.63, 3.8) is 0 Å². The molecule has 1 saturated carbocycles. The number of rotatable bonds is 2. The largest absolute Gasteiger partial charge is 0.344 e. The first kappa shape index (κ1) is 15.7. The van der Waals surface area contributed by atoms with Crippen LogP contribution in [0.25, 0.3) is 0 Å². The molecule has 0 spiro atoms. The number of hydrogen-bond acceptors (Lipinski definition) is 3. The number of carbonyl (C=O) groups is 2. The standard InChI is InChI=1S/C15H26N2O2S/c1-15(2,3)13-14(19)17(8-7-12(18)16-13)10-5-6-11(9-10)20-4/h10-11,13H,5-9H2,1-4H3,(H,16,18). The number of nitrogens with zero attached hydrogens (tertiary/aromatic N) is 1. The van der Waals surface area contributed by atoms with E-state index in [9.17, 15) is 9.59 Å². The number of thioether (sulfide) groups is 1. The summed E-state index contributed by atoms with van der Waals surface area (Å²) >= 11 is 1.89. The van der Waals surface area contributed by atoms with Crippen molar-refractivity contribution >= 4 is 23.6 Å². The number of amides is 2. The highest BCUT2D eigenvalue weighted by Crippen LogP contribution is 2.33. The fraction of sp³-hybridized carbons (Fsp3) is 0.867. The lowest BCUT2D eigenvalue weighted by molar-refractivity contribution is -0.138. The molecule has 1 aliphatic carbocycles. The van der Waals surface area contributed by atoms with Crippen LogP contribution >= 0.6 is 11.8 Å². The summed E-state index contributed by atoms with van der Waals surface area (Å²) in [4.78, 5) is 26.7. The number of carbonyl (C=O) groups excluding carboxylic acids is 2. The minimum Gasteiger partial charge on any atom is -0.344 e. The molecule has 3 unspecified atom stereocenters. The molecule has 1 aliphatic heterocycles. The zero-order chi connectivity index (χ0) is 14.9. The van der Waals surface area contributed by atoms with Crippen LogP contribution in [0, 0.1) is 5.41 Å². The van der Waals surface area contributed by atoms with Gasteiger partial charge in [0.1, 0.15) is 6.04 Å². The van der Waals surface area contributed by atoms with Crippen molar-refractivity contribution in [3.05, 3.63) is 0 Å². The van der Waals surface area contributed by atoms with Crippen molar-refractivity contribution in [3.8, 4) is 0 Å². The van der Waals surface area contributed by atoms with E-state index in [1.54, 1.807) is 0 Å². The van der Waals surface area contributed by atoms with E-state index in [1.165, 1.54) is 6.42 Å². The van der Waals surface area contributed by atoms with Gasteiger partial charge < -0.3 is 10.2 Å². The van der Waals surface area contributed by atoms with Gasteiger partial charge in [-0.25, -0.2) is 0 Å². The Hall–Kier alpha value is -0.710. The van der Waals surface area contributed by atoms with Crippen LogP contribution in [0.1, 0.15) is 46.5 Å². The highest BCUT2D eigenvalue weighted by Gasteiger charge is 2.41. The van der Waals surface area contributed by atoms with Crippen molar-refractivity contribution in [2.75, 3.05) is 12.8 Å². The van der Waals surface area contributed by atoms with Crippen LogP contribution in [0.2, 0.25) is 0 Å². The van der Waals surface area contributed by atoms with Crippen molar-refractivity contribution in [1.82, 2.24) is 10.2 Å². The molecule has 0 aromatic carbocycles. The molecule has 1 N–H and O–H groups in total. The van der Waals surface area contributed by atoms with E-state index in [0.29, 0.717) is 24.3 Å². The van der Waals surface area contributed by atoms with Gasteiger partial charge in [0.2, 0.25) is 11.8 Å². The molecule has 1 heterocycles. The molecule has 2 aliphatic rings. The molecule has 3 atom stereocenters. The van der Waals surface area contributed by atoms with Gasteiger partial charge in [-0.3, -0.25) is 9.59 Å². The van der Waals surface area contributed by atoms with Crippen molar-refractivity contribution in [2.45, 2.75) is 63.8 Å². The van der Waals surface area contributed by atoms with Crippen LogP contribution < -0.4 is 5.32 Å². The summed E-state index contributed by atoms with van der Waals surface area (Å²) in [7, 11) is 0. The summed E-state index contributed by atoms with van der Waals surface area (Å²) in [6.07, 6.45) is 5.89. The SMILES string of the molecule is CSC1CCC(N2CCC(=O)NC(C(C)(C)C)C2=O)C1. The molecule has 2 fully saturated rings.